The largest absolute Gasteiger partial charge is 0.383 e. The van der Waals surface area contributed by atoms with Crippen molar-refractivity contribution >= 4 is 5.91 Å². The van der Waals surface area contributed by atoms with Crippen LogP contribution in [-0.2, 0) is 16.1 Å². The highest BCUT2D eigenvalue weighted by atomic mass is 16.5. The number of nitrogens with zero attached hydrogens (tertiary/aromatic N) is 1. The van der Waals surface area contributed by atoms with E-state index >= 15 is 0 Å². The number of hydrogen-bond acceptors (Lipinski definition) is 4. The van der Waals surface area contributed by atoms with Crippen LogP contribution < -0.4 is 11.1 Å². The highest BCUT2D eigenvalue weighted by Gasteiger charge is 2.10. The molecule has 5 heteroatoms. The Morgan fingerprint density at radius 2 is 2.10 bits per heavy atom. The van der Waals surface area contributed by atoms with E-state index in [1.54, 1.807) is 7.11 Å². The van der Waals surface area contributed by atoms with Crippen molar-refractivity contribution in [3.05, 3.63) is 35.9 Å². The van der Waals surface area contributed by atoms with Gasteiger partial charge in [-0.15, -0.1) is 0 Å². The lowest BCUT2D eigenvalue weighted by Crippen LogP contribution is -2.39. The standard InChI is InChI=1S/C15H25N3O2/c1-20-11-9-17-15(19)13-18(10-5-8-16)12-14-6-3-2-4-7-14/h2-4,6-7H,5,8-13,16H2,1H3,(H,17,19). The molecule has 20 heavy (non-hydrogen) atoms. The predicted molar refractivity (Wildman–Crippen MR) is 80.3 cm³/mol. The molecule has 0 atom stereocenters. The summed E-state index contributed by atoms with van der Waals surface area (Å²) in [6.07, 6.45) is 0.887. The first-order valence-corrected chi connectivity index (χ1v) is 6.98. The molecule has 0 aromatic heterocycles. The van der Waals surface area contributed by atoms with Gasteiger partial charge in [0.15, 0.2) is 0 Å². The third kappa shape index (κ3) is 7.23. The topological polar surface area (TPSA) is 67.6 Å². The Hall–Kier alpha value is -1.43. The lowest BCUT2D eigenvalue weighted by Gasteiger charge is -2.21. The molecule has 1 rings (SSSR count). The zero-order valence-corrected chi connectivity index (χ0v) is 12.2. The average molecular weight is 279 g/mol. The van der Waals surface area contributed by atoms with Gasteiger partial charge >= 0.3 is 0 Å². The summed E-state index contributed by atoms with van der Waals surface area (Å²) in [5.41, 5.74) is 6.76. The lowest BCUT2D eigenvalue weighted by atomic mass is 10.2. The molecule has 1 aromatic rings. The molecule has 0 radical (unpaired) electrons. The quantitative estimate of drug-likeness (QED) is 0.616. The number of carbonyl (C=O) groups is 1. The van der Waals surface area contributed by atoms with Crippen LogP contribution >= 0.6 is 0 Å². The SMILES string of the molecule is COCCNC(=O)CN(CCCN)Cc1ccccc1. The molecule has 0 saturated heterocycles. The van der Waals surface area contributed by atoms with E-state index in [0.29, 0.717) is 26.2 Å². The van der Waals surface area contributed by atoms with E-state index in [-0.39, 0.29) is 5.91 Å². The molecule has 0 unspecified atom stereocenters. The third-order valence-corrected chi connectivity index (χ3v) is 2.92. The van der Waals surface area contributed by atoms with Crippen molar-refractivity contribution < 1.29 is 9.53 Å². The van der Waals surface area contributed by atoms with Gasteiger partial charge in [-0.2, -0.15) is 0 Å². The number of ether oxygens (including phenoxy) is 1. The second kappa shape index (κ2) is 10.4. The van der Waals surface area contributed by atoms with Crippen LogP contribution in [-0.4, -0.2) is 50.7 Å². The second-order valence-electron chi connectivity index (χ2n) is 4.68. The van der Waals surface area contributed by atoms with Crippen LogP contribution in [0.1, 0.15) is 12.0 Å². The summed E-state index contributed by atoms with van der Waals surface area (Å²) in [7, 11) is 1.62. The Labute approximate surface area is 121 Å². The van der Waals surface area contributed by atoms with Crippen molar-refractivity contribution in [2.45, 2.75) is 13.0 Å². The highest BCUT2D eigenvalue weighted by molar-refractivity contribution is 5.77. The number of rotatable bonds is 10. The van der Waals surface area contributed by atoms with Gasteiger partial charge in [0.1, 0.15) is 0 Å². The molecule has 1 aromatic carbocycles. The molecule has 0 fully saturated rings. The van der Waals surface area contributed by atoms with Crippen LogP contribution in [0.2, 0.25) is 0 Å². The summed E-state index contributed by atoms with van der Waals surface area (Å²) >= 11 is 0. The van der Waals surface area contributed by atoms with Crippen LogP contribution in [0.4, 0.5) is 0 Å². The normalized spacial score (nSPS) is 10.8. The minimum atomic E-state index is 0.0232. The fraction of sp³-hybridized carbons (Fsp3) is 0.533. The van der Waals surface area contributed by atoms with Gasteiger partial charge in [0.05, 0.1) is 13.2 Å². The predicted octanol–water partition coefficient (Wildman–Crippen LogP) is 0.600. The molecule has 0 bridgehead atoms. The van der Waals surface area contributed by atoms with Crippen molar-refractivity contribution in [3.63, 3.8) is 0 Å². The van der Waals surface area contributed by atoms with Crippen LogP contribution in [0, 0.1) is 0 Å². The number of amides is 1. The van der Waals surface area contributed by atoms with Crippen molar-refractivity contribution in [3.8, 4) is 0 Å². The maximum absolute atomic E-state index is 11.8. The Balaban J connectivity index is 2.44. The van der Waals surface area contributed by atoms with E-state index in [9.17, 15) is 4.79 Å². The Morgan fingerprint density at radius 3 is 2.75 bits per heavy atom. The lowest BCUT2D eigenvalue weighted by molar-refractivity contribution is -0.122. The third-order valence-electron chi connectivity index (χ3n) is 2.92. The maximum atomic E-state index is 11.8. The van der Waals surface area contributed by atoms with Crippen molar-refractivity contribution in [2.75, 3.05) is 39.9 Å². The van der Waals surface area contributed by atoms with E-state index < -0.39 is 0 Å². The summed E-state index contributed by atoms with van der Waals surface area (Å²) < 4.78 is 4.91. The first-order chi connectivity index (χ1) is 9.76. The molecule has 0 aliphatic heterocycles. The molecule has 0 saturated carbocycles. The molecule has 3 N–H and O–H groups in total. The van der Waals surface area contributed by atoms with Gasteiger partial charge in [-0.3, -0.25) is 9.69 Å². The average Bonchev–Trinajstić information content (AvgIpc) is 2.46. The highest BCUT2D eigenvalue weighted by Crippen LogP contribution is 2.04. The van der Waals surface area contributed by atoms with Crippen molar-refractivity contribution in [2.24, 2.45) is 5.73 Å². The summed E-state index contributed by atoms with van der Waals surface area (Å²) in [6.45, 7) is 3.69. The zero-order chi connectivity index (χ0) is 14.6. The molecular formula is C15H25N3O2. The number of hydrogen-bond donors (Lipinski definition) is 2. The molecule has 0 aliphatic rings. The summed E-state index contributed by atoms with van der Waals surface area (Å²) in [5, 5.41) is 2.84. The Kier molecular flexibility index (Phi) is 8.62. The number of nitrogens with two attached hydrogens (primary N) is 1. The van der Waals surface area contributed by atoms with Crippen LogP contribution in [0.3, 0.4) is 0 Å². The Morgan fingerprint density at radius 1 is 1.35 bits per heavy atom. The summed E-state index contributed by atoms with van der Waals surface area (Å²) in [6, 6.07) is 10.1. The number of benzene rings is 1. The fourth-order valence-corrected chi connectivity index (χ4v) is 1.92. The minimum Gasteiger partial charge on any atom is -0.383 e. The molecule has 5 nitrogen and oxygen atoms in total. The van der Waals surface area contributed by atoms with E-state index in [0.717, 1.165) is 19.5 Å². The maximum Gasteiger partial charge on any atom is 0.234 e. The van der Waals surface area contributed by atoms with Crippen molar-refractivity contribution in [1.82, 2.24) is 10.2 Å². The molecular weight excluding hydrogens is 254 g/mol. The van der Waals surface area contributed by atoms with E-state index in [2.05, 4.69) is 22.3 Å². The van der Waals surface area contributed by atoms with Gasteiger partial charge < -0.3 is 15.8 Å². The molecule has 112 valence electrons. The van der Waals surface area contributed by atoms with E-state index in [1.807, 2.05) is 18.2 Å². The van der Waals surface area contributed by atoms with Gasteiger partial charge in [-0.1, -0.05) is 30.3 Å². The van der Waals surface area contributed by atoms with Gasteiger partial charge in [-0.25, -0.2) is 0 Å². The fourth-order valence-electron chi connectivity index (χ4n) is 1.92. The smallest absolute Gasteiger partial charge is 0.234 e. The monoisotopic (exact) mass is 279 g/mol. The van der Waals surface area contributed by atoms with Crippen LogP contribution in [0.25, 0.3) is 0 Å². The molecule has 0 spiro atoms. The van der Waals surface area contributed by atoms with E-state index in [4.69, 9.17) is 10.5 Å². The molecule has 0 heterocycles. The van der Waals surface area contributed by atoms with E-state index in [1.165, 1.54) is 5.56 Å². The van der Waals surface area contributed by atoms with Crippen molar-refractivity contribution in [1.29, 1.82) is 0 Å². The number of nitrogens with one attached hydrogen (secondary N) is 1. The summed E-state index contributed by atoms with van der Waals surface area (Å²) in [5.74, 6) is 0.0232. The molecule has 0 aliphatic carbocycles. The zero-order valence-electron chi connectivity index (χ0n) is 12.2. The van der Waals surface area contributed by atoms with Gasteiger partial charge in [0.25, 0.3) is 0 Å². The number of methoxy groups -OCH3 is 1. The first kappa shape index (κ1) is 16.6. The Bertz CT molecular complexity index is 371. The van der Waals surface area contributed by atoms with Crippen LogP contribution in [0.15, 0.2) is 30.3 Å². The second-order valence-corrected chi connectivity index (χ2v) is 4.68. The van der Waals surface area contributed by atoms with Gasteiger partial charge in [-0.05, 0) is 18.5 Å². The minimum absolute atomic E-state index is 0.0232. The van der Waals surface area contributed by atoms with Gasteiger partial charge in [0, 0.05) is 26.7 Å². The van der Waals surface area contributed by atoms with Crippen LogP contribution in [0.5, 0.6) is 0 Å². The first-order valence-electron chi connectivity index (χ1n) is 6.98. The molecule has 1 amide bonds. The summed E-state index contributed by atoms with van der Waals surface area (Å²) in [4.78, 5) is 14.0. The van der Waals surface area contributed by atoms with Gasteiger partial charge in [0.2, 0.25) is 5.91 Å². The number of carbonyl (C=O) groups excluding carboxylic acids is 1.